The van der Waals surface area contributed by atoms with E-state index in [2.05, 4.69) is 10.1 Å². The minimum absolute atomic E-state index is 0.291. The van der Waals surface area contributed by atoms with Crippen molar-refractivity contribution in [2.45, 2.75) is 52.7 Å². The zero-order valence-corrected chi connectivity index (χ0v) is 15.1. The molecule has 1 N–H and O–H groups in total. The summed E-state index contributed by atoms with van der Waals surface area (Å²) in [5.41, 5.74) is 1.62. The van der Waals surface area contributed by atoms with Gasteiger partial charge in [-0.25, -0.2) is 4.79 Å². The van der Waals surface area contributed by atoms with Crippen LogP contribution in [0, 0.1) is 13.8 Å². The molecule has 0 aromatic heterocycles. The van der Waals surface area contributed by atoms with Crippen molar-refractivity contribution in [2.75, 3.05) is 7.11 Å². The Bertz CT molecular complexity index is 611. The van der Waals surface area contributed by atoms with E-state index in [0.717, 1.165) is 11.1 Å². The highest BCUT2D eigenvalue weighted by Crippen LogP contribution is 2.12. The molecule has 1 rings (SSSR count). The van der Waals surface area contributed by atoms with E-state index in [1.165, 1.54) is 7.11 Å². The number of nitrogens with one attached hydrogen (secondary N) is 1. The molecular formula is C18H25NO5. The number of carbonyl (C=O) groups excluding carboxylic acids is 3. The van der Waals surface area contributed by atoms with Gasteiger partial charge in [0.25, 0.3) is 5.91 Å². The topological polar surface area (TPSA) is 81.7 Å². The van der Waals surface area contributed by atoms with Crippen molar-refractivity contribution in [3.8, 4) is 0 Å². The number of ether oxygens (including phenoxy) is 2. The zero-order chi connectivity index (χ0) is 18.5. The third-order valence-corrected chi connectivity index (χ3v) is 3.07. The summed E-state index contributed by atoms with van der Waals surface area (Å²) < 4.78 is 9.86. The van der Waals surface area contributed by atoms with Gasteiger partial charge >= 0.3 is 11.9 Å². The summed E-state index contributed by atoms with van der Waals surface area (Å²) in [5.74, 6) is -1.72. The summed E-state index contributed by atoms with van der Waals surface area (Å²) in [5, 5.41) is 2.54. The van der Waals surface area contributed by atoms with Gasteiger partial charge in [0, 0.05) is 5.56 Å². The number of hydrogen-bond donors (Lipinski definition) is 1. The van der Waals surface area contributed by atoms with E-state index in [1.54, 1.807) is 32.9 Å². The van der Waals surface area contributed by atoms with Crippen molar-refractivity contribution in [2.24, 2.45) is 0 Å². The number of esters is 2. The molecule has 132 valence electrons. The van der Waals surface area contributed by atoms with Crippen LogP contribution in [0.15, 0.2) is 18.2 Å². The number of methoxy groups -OCH3 is 1. The Balaban J connectivity index is 2.87. The Morgan fingerprint density at radius 1 is 1.08 bits per heavy atom. The summed E-state index contributed by atoms with van der Waals surface area (Å²) in [4.78, 5) is 36.2. The van der Waals surface area contributed by atoms with E-state index < -0.39 is 29.5 Å². The second-order valence-corrected chi connectivity index (χ2v) is 6.72. The van der Waals surface area contributed by atoms with Crippen LogP contribution in [0.3, 0.4) is 0 Å². The molecule has 0 aliphatic carbocycles. The molecule has 0 fully saturated rings. The summed E-state index contributed by atoms with van der Waals surface area (Å²) in [6.07, 6.45) is -0.291. The largest absolute Gasteiger partial charge is 0.467 e. The third-order valence-electron chi connectivity index (χ3n) is 3.07. The Labute approximate surface area is 142 Å². The number of benzene rings is 1. The molecular weight excluding hydrogens is 310 g/mol. The third kappa shape index (κ3) is 6.40. The van der Waals surface area contributed by atoms with Crippen molar-refractivity contribution in [1.82, 2.24) is 5.32 Å². The van der Waals surface area contributed by atoms with Gasteiger partial charge in [-0.2, -0.15) is 0 Å². The van der Waals surface area contributed by atoms with Crippen LogP contribution in [0.1, 0.15) is 48.7 Å². The lowest BCUT2D eigenvalue weighted by Gasteiger charge is -2.22. The van der Waals surface area contributed by atoms with Gasteiger partial charge in [-0.1, -0.05) is 17.2 Å². The Kier molecular flexibility index (Phi) is 6.51. The van der Waals surface area contributed by atoms with Gasteiger partial charge in [0.05, 0.1) is 13.5 Å². The first-order chi connectivity index (χ1) is 11.0. The smallest absolute Gasteiger partial charge is 0.328 e. The monoisotopic (exact) mass is 335 g/mol. The molecule has 0 radical (unpaired) electrons. The van der Waals surface area contributed by atoms with Crippen molar-refractivity contribution in [1.29, 1.82) is 0 Å². The van der Waals surface area contributed by atoms with E-state index in [-0.39, 0.29) is 6.42 Å². The molecule has 24 heavy (non-hydrogen) atoms. The fraction of sp³-hybridized carbons (Fsp3) is 0.500. The highest BCUT2D eigenvalue weighted by molar-refractivity contribution is 5.98. The Morgan fingerprint density at radius 2 is 1.62 bits per heavy atom. The van der Waals surface area contributed by atoms with Crippen LogP contribution >= 0.6 is 0 Å². The van der Waals surface area contributed by atoms with E-state index in [4.69, 9.17) is 4.74 Å². The molecule has 6 heteroatoms. The molecule has 0 unspecified atom stereocenters. The predicted molar refractivity (Wildman–Crippen MR) is 89.6 cm³/mol. The van der Waals surface area contributed by atoms with Crippen molar-refractivity contribution in [3.63, 3.8) is 0 Å². The second-order valence-electron chi connectivity index (χ2n) is 6.72. The number of carbonyl (C=O) groups is 3. The van der Waals surface area contributed by atoms with Crippen LogP contribution in [0.25, 0.3) is 0 Å². The summed E-state index contributed by atoms with van der Waals surface area (Å²) >= 11 is 0. The molecule has 1 aromatic rings. The van der Waals surface area contributed by atoms with Gasteiger partial charge in [0.2, 0.25) is 0 Å². The van der Waals surface area contributed by atoms with E-state index >= 15 is 0 Å². The predicted octanol–water partition coefficient (Wildman–Crippen LogP) is 2.31. The molecule has 6 nitrogen and oxygen atoms in total. The molecule has 0 aliphatic heterocycles. The van der Waals surface area contributed by atoms with Crippen LogP contribution in [-0.4, -0.2) is 36.6 Å². The fourth-order valence-electron chi connectivity index (χ4n) is 2.23. The summed E-state index contributed by atoms with van der Waals surface area (Å²) in [7, 11) is 1.20. The molecule has 1 amide bonds. The minimum Gasteiger partial charge on any atom is -0.467 e. The first kappa shape index (κ1) is 19.7. The van der Waals surface area contributed by atoms with E-state index in [0.29, 0.717) is 5.56 Å². The quantitative estimate of drug-likeness (QED) is 0.835. The van der Waals surface area contributed by atoms with E-state index in [1.807, 2.05) is 19.9 Å². The average molecular weight is 335 g/mol. The zero-order valence-electron chi connectivity index (χ0n) is 15.1. The van der Waals surface area contributed by atoms with Crippen molar-refractivity contribution < 1.29 is 23.9 Å². The number of aryl methyl sites for hydroxylation is 2. The highest BCUT2D eigenvalue weighted by Gasteiger charge is 2.28. The molecule has 0 saturated carbocycles. The van der Waals surface area contributed by atoms with Gasteiger partial charge in [-0.3, -0.25) is 9.59 Å². The molecule has 1 atom stereocenters. The van der Waals surface area contributed by atoms with Gasteiger partial charge in [0.15, 0.2) is 0 Å². The first-order valence-electron chi connectivity index (χ1n) is 7.70. The maximum absolute atomic E-state index is 12.4. The molecule has 0 spiro atoms. The maximum atomic E-state index is 12.4. The SMILES string of the molecule is COC(=O)[C@@H](CC(=O)OC(C)(C)C)NC(=O)c1cc(C)cc(C)c1. The minimum atomic E-state index is -1.10. The van der Waals surface area contributed by atoms with Crippen LogP contribution in [0.2, 0.25) is 0 Å². The van der Waals surface area contributed by atoms with Gasteiger partial charge in [-0.05, 0) is 46.8 Å². The van der Waals surface area contributed by atoms with Gasteiger partial charge in [-0.15, -0.1) is 0 Å². The molecule has 0 saturated heterocycles. The standard InChI is InChI=1S/C18H25NO5/c1-11-7-12(2)9-13(8-11)16(21)19-14(17(22)23-6)10-15(20)24-18(3,4)5/h7-9,14H,10H2,1-6H3,(H,19,21)/t14-/m1/s1. The lowest BCUT2D eigenvalue weighted by Crippen LogP contribution is -2.44. The van der Waals surface area contributed by atoms with Crippen LogP contribution < -0.4 is 5.32 Å². The van der Waals surface area contributed by atoms with E-state index in [9.17, 15) is 14.4 Å². The maximum Gasteiger partial charge on any atom is 0.328 e. The Hall–Kier alpha value is -2.37. The molecule has 0 heterocycles. The number of rotatable bonds is 5. The van der Waals surface area contributed by atoms with Crippen LogP contribution in [0.5, 0.6) is 0 Å². The lowest BCUT2D eigenvalue weighted by molar-refractivity contribution is -0.158. The second kappa shape index (κ2) is 7.95. The van der Waals surface area contributed by atoms with Crippen molar-refractivity contribution in [3.05, 3.63) is 34.9 Å². The average Bonchev–Trinajstić information content (AvgIpc) is 2.42. The molecule has 0 aliphatic rings. The summed E-state index contributed by atoms with van der Waals surface area (Å²) in [6.45, 7) is 8.94. The Morgan fingerprint density at radius 3 is 2.08 bits per heavy atom. The molecule has 0 bridgehead atoms. The lowest BCUT2D eigenvalue weighted by atomic mass is 10.1. The first-order valence-corrected chi connectivity index (χ1v) is 7.70. The summed E-state index contributed by atoms with van der Waals surface area (Å²) in [6, 6.07) is 4.27. The van der Waals surface area contributed by atoms with Crippen molar-refractivity contribution >= 4 is 17.8 Å². The van der Waals surface area contributed by atoms with Crippen LogP contribution in [0.4, 0.5) is 0 Å². The number of hydrogen-bond acceptors (Lipinski definition) is 5. The van der Waals surface area contributed by atoms with Crippen LogP contribution in [-0.2, 0) is 19.1 Å². The molecule has 1 aromatic carbocycles. The fourth-order valence-corrected chi connectivity index (χ4v) is 2.23. The number of amides is 1. The normalized spacial score (nSPS) is 12.2. The van der Waals surface area contributed by atoms with Gasteiger partial charge in [0.1, 0.15) is 11.6 Å². The van der Waals surface area contributed by atoms with Gasteiger partial charge < -0.3 is 14.8 Å². The highest BCUT2D eigenvalue weighted by atomic mass is 16.6.